The van der Waals surface area contributed by atoms with Crippen molar-refractivity contribution in [2.75, 3.05) is 122 Å². The van der Waals surface area contributed by atoms with E-state index in [0.29, 0.717) is 34.0 Å². The van der Waals surface area contributed by atoms with Crippen molar-refractivity contribution < 1.29 is 106 Å². The van der Waals surface area contributed by atoms with Gasteiger partial charge in [0.1, 0.15) is 23.1 Å². The molecular weight excluding hydrogens is 1650 g/mol. The fourth-order valence-corrected chi connectivity index (χ4v) is 24.7. The summed E-state index contributed by atoms with van der Waals surface area (Å²) in [6, 6.07) is 28.5. The Hall–Kier alpha value is 0.473. The van der Waals surface area contributed by atoms with E-state index in [2.05, 4.69) is 94.3 Å². The quantitative estimate of drug-likeness (QED) is 0.0118. The number of likely N-dealkylation sites (tertiary alicyclic amines) is 3. The number of ketones is 2. The number of ether oxygens (including phenoxy) is 2. The first-order chi connectivity index (χ1) is 51.8. The van der Waals surface area contributed by atoms with Crippen molar-refractivity contribution >= 4 is 135 Å². The van der Waals surface area contributed by atoms with Crippen LogP contribution in [0.2, 0.25) is 5.02 Å². The van der Waals surface area contributed by atoms with E-state index in [4.69, 9.17) is 41.3 Å². The van der Waals surface area contributed by atoms with E-state index in [1.807, 2.05) is 72.8 Å². The van der Waals surface area contributed by atoms with Crippen molar-refractivity contribution in [1.82, 2.24) is 23.9 Å². The minimum Gasteiger partial charge on any atom is -0.662 e. The van der Waals surface area contributed by atoms with Gasteiger partial charge in [0.05, 0.1) is 24.4 Å². The van der Waals surface area contributed by atoms with Gasteiger partial charge >= 0.3 is 51.4 Å². The second-order valence-corrected chi connectivity index (χ2v) is 38.7. The molecule has 1 radical (unpaired) electrons. The molecule has 0 amide bonds. The van der Waals surface area contributed by atoms with E-state index in [1.54, 1.807) is 19.3 Å². The van der Waals surface area contributed by atoms with Crippen molar-refractivity contribution in [3.05, 3.63) is 90.0 Å². The van der Waals surface area contributed by atoms with Gasteiger partial charge in [0.2, 0.25) is 0 Å². The van der Waals surface area contributed by atoms with Crippen LogP contribution in [-0.4, -0.2) is 247 Å². The number of Topliss-reactive ketones (excluding diaryl/α,β-unsaturated/α-hetero) is 2. The zero-order chi connectivity index (χ0) is 75.5. The number of piperidine rings is 5. The first-order valence-corrected chi connectivity index (χ1v) is 44.6. The molecule has 0 atom stereocenters. The Morgan fingerprint density at radius 3 is 1.23 bits per heavy atom. The van der Waals surface area contributed by atoms with Crippen LogP contribution in [0.1, 0.15) is 205 Å². The summed E-state index contributed by atoms with van der Waals surface area (Å²) in [7, 11) is 0. The number of rotatable bonds is 20. The number of benzene rings is 3. The molecule has 23 heteroatoms. The number of alkyl halides is 2. The summed E-state index contributed by atoms with van der Waals surface area (Å²) in [5.41, 5.74) is 0.987. The zero-order valence-electron chi connectivity index (χ0n) is 66.2. The molecule has 5 saturated heterocycles. The van der Waals surface area contributed by atoms with Crippen molar-refractivity contribution in [3.8, 4) is 11.5 Å². The number of nitrogens with one attached hydrogen (secondary N) is 2. The van der Waals surface area contributed by atoms with Crippen LogP contribution in [0.4, 0.5) is 5.69 Å². The maximum Gasteiger partial charge on any atom is 1.00 e. The van der Waals surface area contributed by atoms with Gasteiger partial charge in [-0.15, -0.1) is 0 Å². The second kappa shape index (κ2) is 48.7. The van der Waals surface area contributed by atoms with E-state index in [0.717, 1.165) is 256 Å². The van der Waals surface area contributed by atoms with Crippen LogP contribution < -0.4 is 76.7 Å². The molecule has 3 aromatic rings. The first-order valence-electron chi connectivity index (χ1n) is 41.6. The number of carbonyl (C=O) groups excluding carboxylic acids is 3. The third-order valence-corrected chi connectivity index (χ3v) is 29.3. The maximum absolute atomic E-state index is 11.5. The Balaban J connectivity index is 0.000000164. The molecule has 17 nitrogen and oxygen atoms in total. The Morgan fingerprint density at radius 2 is 0.881 bits per heavy atom. The van der Waals surface area contributed by atoms with Gasteiger partial charge < -0.3 is 65.4 Å². The number of aliphatic hydroxyl groups is 4. The average Bonchev–Trinajstić information content (AvgIpc) is 0.725. The molecule has 3 aromatic carbocycles. The fourth-order valence-electron chi connectivity index (χ4n) is 22.6. The SMILES string of the molecule is BrC12CC3CC(CC(C3)C1)C2.Clc1ccc(NC2CCN(CCCOc3ccccc3)CC2)cc1.O=C1CCN(CCCOc2ccccc2)CC1.O=C1CCNCC1.O=CO[O-].OC1(C23CC4CC(CC(C4)C2)C3)CCN(Br)CC1.OCCCBr.OCCCN1CCC(O)(C23CC4CC(CC(C4)C2)C3)CC1.[K+].[K]. The van der Waals surface area contributed by atoms with Gasteiger partial charge in [-0.25, -0.2) is 3.93 Å². The smallest absolute Gasteiger partial charge is 0.662 e. The zero-order valence-corrected chi connectivity index (χ0v) is 78.0. The Labute approximate surface area is 769 Å². The molecule has 17 aliphatic rings. The van der Waals surface area contributed by atoms with Crippen molar-refractivity contribution in [3.63, 3.8) is 0 Å². The third-order valence-electron chi connectivity index (χ3n) is 26.8. The summed E-state index contributed by atoms with van der Waals surface area (Å²) in [5, 5.41) is 56.6. The van der Waals surface area contributed by atoms with Gasteiger partial charge in [-0.05, 0) is 282 Å². The van der Waals surface area contributed by atoms with E-state index in [9.17, 15) is 19.8 Å². The van der Waals surface area contributed by atoms with Gasteiger partial charge in [0, 0.05) is 229 Å². The number of anilines is 1. The monoisotopic (exact) mass is 1770 g/mol. The van der Waals surface area contributed by atoms with E-state index in [-0.39, 0.29) is 127 Å². The van der Waals surface area contributed by atoms with Gasteiger partial charge in [0.15, 0.2) is 0 Å². The normalized spacial score (nSPS) is 31.4. The minimum absolute atomic E-state index is 0. The number of hydrogen-bond acceptors (Lipinski definition) is 17. The van der Waals surface area contributed by atoms with E-state index in [1.165, 1.54) is 109 Å². The molecule has 5 heterocycles. The van der Waals surface area contributed by atoms with Crippen molar-refractivity contribution in [2.24, 2.45) is 64.1 Å². The summed E-state index contributed by atoms with van der Waals surface area (Å²) in [6.45, 7) is 15.1. The van der Waals surface area contributed by atoms with Crippen molar-refractivity contribution in [1.29, 1.82) is 0 Å². The maximum atomic E-state index is 11.5. The van der Waals surface area contributed by atoms with Crippen LogP contribution in [0.3, 0.4) is 0 Å². The molecule has 0 spiro atoms. The Kier molecular flexibility index (Phi) is 42.4. The minimum atomic E-state index is -0.390. The number of carbonyl (C=O) groups is 3. The number of para-hydroxylation sites is 2. The van der Waals surface area contributed by atoms with Gasteiger partial charge in [0.25, 0.3) is 6.47 Å². The summed E-state index contributed by atoms with van der Waals surface area (Å²) in [4.78, 5) is 40.1. The Morgan fingerprint density at radius 1 is 0.523 bits per heavy atom. The molecule has 6 N–H and O–H groups in total. The molecule has 0 aromatic heterocycles. The predicted molar refractivity (Wildman–Crippen MR) is 442 cm³/mol. The van der Waals surface area contributed by atoms with E-state index >= 15 is 0 Å². The van der Waals surface area contributed by atoms with Crippen molar-refractivity contribution in [2.45, 2.75) is 227 Å². The van der Waals surface area contributed by atoms with Gasteiger partial charge in [-0.1, -0.05) is 79.9 Å². The number of aliphatic hydroxyl groups excluding tert-OH is 2. The molecule has 12 saturated carbocycles. The molecule has 12 aliphatic carbocycles. The number of nitrogens with zero attached hydrogens (tertiary/aromatic N) is 4. The molecule has 12 bridgehead atoms. The van der Waals surface area contributed by atoms with Gasteiger partial charge in [-0.3, -0.25) is 14.4 Å². The van der Waals surface area contributed by atoms with Crippen LogP contribution in [-0.2, 0) is 19.3 Å². The molecular formula is C86H131Br3ClK2N6O11. The number of halogens is 4. The summed E-state index contributed by atoms with van der Waals surface area (Å²) in [6.07, 6.45) is 38.8. The van der Waals surface area contributed by atoms with Crippen LogP contribution in [0, 0.1) is 64.1 Å². The largest absolute Gasteiger partial charge is 1.00 e. The fraction of sp³-hybridized carbons (Fsp3) is 0.756. The Bertz CT molecular complexity index is 2940. The van der Waals surface area contributed by atoms with Crippen LogP contribution in [0.5, 0.6) is 11.5 Å². The second-order valence-electron chi connectivity index (χ2n) is 34.8. The third kappa shape index (κ3) is 30.0. The standard InChI is InChI=1S/C20H25ClN2O.C18H31NO2.C15H24BrNO.C14H19NO2.C10H15Br.C5H9NO.C3H7BrO.CH2O3.2K/c21-17-7-9-18(10-8-17)22-19-11-14-23(15-12-19)13-4-16-24-20-5-2-1-3-6-20;20-7-1-4-19-5-2-18(21,3-6-19)17-11-14-8-15(12-17)10-16(9-14)13-17;16-17-3-1-15(18,2-4-17)14-8-11-5-12(9-14)7-13(6-11)10-14;16-13-7-10-15(11-8-13)9-4-12-17-14-5-2-1-3-6-14;11-10-4-7-1-8(5-10)3-9(2-7)6-10;7-5-1-3-6-4-2-5;4-2-1-3-5;2-1-4-3;;/h1-3,5-10,19,22H,4,11-16H2;14-16,20-21H,1-13H2;11-13,18H,1-10H2;1-3,5-6H,4,7-12H2;7-9H,1-6H2;6H,1-4H2;5H,1-3H2;1,3H;;/q;;;;;;;;;+1/p-1. The van der Waals surface area contributed by atoms with E-state index < -0.39 is 5.60 Å². The summed E-state index contributed by atoms with van der Waals surface area (Å²) < 4.78 is 14.2. The van der Waals surface area contributed by atoms with Gasteiger partial charge in [-0.2, -0.15) is 0 Å². The average molecular weight is 1780 g/mol. The topological polar surface area (TPSA) is 220 Å². The molecule has 109 heavy (non-hydrogen) atoms. The van der Waals surface area contributed by atoms with Crippen LogP contribution in [0.25, 0.3) is 0 Å². The predicted octanol–water partition coefficient (Wildman–Crippen LogP) is 11.7. The first kappa shape index (κ1) is 95.0. The van der Waals surface area contributed by atoms with Crippen LogP contribution >= 0.6 is 59.6 Å². The number of hydrogen-bond donors (Lipinski definition) is 6. The van der Waals surface area contributed by atoms with Crippen LogP contribution in [0.15, 0.2) is 84.9 Å². The molecule has 0 unspecified atom stereocenters. The molecule has 17 fully saturated rings. The summed E-state index contributed by atoms with van der Waals surface area (Å²) >= 11 is 16.6. The summed E-state index contributed by atoms with van der Waals surface area (Å²) in [5.74, 6) is 11.6. The molecule has 20 rings (SSSR count). The molecule has 5 aliphatic heterocycles. The molecule has 601 valence electrons.